The Morgan fingerprint density at radius 2 is 1.96 bits per heavy atom. The molecule has 3 aromatic rings. The molecular weight excluding hydrogens is 354 g/mol. The number of aromatic nitrogens is 2. The number of carbonyl (C=O) groups excluding carboxylic acids is 2. The number of nitrogens with one attached hydrogen (secondary N) is 1. The van der Waals surface area contributed by atoms with E-state index in [1.165, 1.54) is 0 Å². The van der Waals surface area contributed by atoms with E-state index in [4.69, 9.17) is 4.74 Å². The van der Waals surface area contributed by atoms with Crippen LogP contribution in [0.15, 0.2) is 48.8 Å². The van der Waals surface area contributed by atoms with Crippen molar-refractivity contribution in [2.75, 3.05) is 5.32 Å². The molecule has 0 fully saturated rings. The number of nitrogens with zero attached hydrogens (tertiary/aromatic N) is 2. The summed E-state index contributed by atoms with van der Waals surface area (Å²) in [6, 6.07) is 11.5. The number of fused-ring (bicyclic) bond motifs is 1. The van der Waals surface area contributed by atoms with Crippen molar-refractivity contribution in [3.8, 4) is 0 Å². The minimum absolute atomic E-state index is 0.172. The van der Waals surface area contributed by atoms with E-state index < -0.39 is 12.1 Å². The third-order valence-electron chi connectivity index (χ3n) is 4.84. The molecule has 0 aliphatic rings. The van der Waals surface area contributed by atoms with Gasteiger partial charge < -0.3 is 14.5 Å². The predicted octanol–water partition coefficient (Wildman–Crippen LogP) is 4.34. The Balaban J connectivity index is 1.69. The van der Waals surface area contributed by atoms with Crippen molar-refractivity contribution in [2.45, 2.75) is 46.1 Å². The summed E-state index contributed by atoms with van der Waals surface area (Å²) in [5.41, 5.74) is 3.68. The van der Waals surface area contributed by atoms with Crippen LogP contribution in [0, 0.1) is 6.92 Å². The molecule has 6 heteroatoms. The highest BCUT2D eigenvalue weighted by molar-refractivity contribution is 5.97. The van der Waals surface area contributed by atoms with Crippen LogP contribution in [0.3, 0.4) is 0 Å². The second-order valence-corrected chi connectivity index (χ2v) is 7.03. The number of rotatable bonds is 6. The Bertz CT molecular complexity index is 1010. The first kappa shape index (κ1) is 19.6. The van der Waals surface area contributed by atoms with Crippen LogP contribution in [0.25, 0.3) is 5.65 Å². The van der Waals surface area contributed by atoms with Crippen LogP contribution in [0.4, 0.5) is 5.69 Å². The molecule has 28 heavy (non-hydrogen) atoms. The molecule has 2 heterocycles. The zero-order chi connectivity index (χ0) is 20.3. The highest BCUT2D eigenvalue weighted by Gasteiger charge is 2.22. The Morgan fingerprint density at radius 3 is 2.71 bits per heavy atom. The maximum atomic E-state index is 12.5. The molecule has 1 aromatic carbocycles. The quantitative estimate of drug-likeness (QED) is 0.647. The number of para-hydroxylation sites is 1. The lowest BCUT2D eigenvalue weighted by Crippen LogP contribution is -2.30. The smallest absolute Gasteiger partial charge is 0.359 e. The van der Waals surface area contributed by atoms with Gasteiger partial charge in [-0.05, 0) is 55.5 Å². The first-order valence-corrected chi connectivity index (χ1v) is 9.45. The van der Waals surface area contributed by atoms with Crippen molar-refractivity contribution in [3.63, 3.8) is 0 Å². The molecule has 2 aromatic heterocycles. The normalized spacial score (nSPS) is 13.1. The summed E-state index contributed by atoms with van der Waals surface area (Å²) in [6.45, 7) is 7.72. The summed E-state index contributed by atoms with van der Waals surface area (Å²) in [4.78, 5) is 29.2. The third kappa shape index (κ3) is 4.22. The molecule has 2 unspecified atom stereocenters. The number of aryl methyl sites for hydroxylation is 1. The number of esters is 1. The summed E-state index contributed by atoms with van der Waals surface area (Å²) in [5.74, 6) is -0.682. The number of imidazole rings is 1. The average Bonchev–Trinajstić information content (AvgIpc) is 3.11. The Morgan fingerprint density at radius 1 is 1.21 bits per heavy atom. The third-order valence-corrected chi connectivity index (χ3v) is 4.84. The second-order valence-electron chi connectivity index (χ2n) is 7.03. The second kappa shape index (κ2) is 8.25. The molecule has 3 rings (SSSR count). The van der Waals surface area contributed by atoms with Gasteiger partial charge in [-0.15, -0.1) is 0 Å². The molecule has 0 saturated carbocycles. The first-order valence-electron chi connectivity index (χ1n) is 9.45. The Hall–Kier alpha value is -3.15. The fraction of sp³-hybridized carbons (Fsp3) is 0.318. The maximum Gasteiger partial charge on any atom is 0.359 e. The van der Waals surface area contributed by atoms with Gasteiger partial charge >= 0.3 is 5.97 Å². The summed E-state index contributed by atoms with van der Waals surface area (Å²) in [7, 11) is 0. The minimum atomic E-state index is -0.941. The fourth-order valence-corrected chi connectivity index (χ4v) is 2.95. The van der Waals surface area contributed by atoms with Gasteiger partial charge in [0.15, 0.2) is 11.8 Å². The molecule has 0 aliphatic carbocycles. The highest BCUT2D eigenvalue weighted by atomic mass is 16.5. The standard InChI is InChI=1S/C22H25N3O3/c1-5-15(3)17-8-6-7-9-18(17)24-21(26)16(4)28-22(27)19-13-25-11-10-14(2)12-20(25)23-19/h6-13,15-16H,5H2,1-4H3,(H,24,26). The van der Waals surface area contributed by atoms with Crippen molar-refractivity contribution in [3.05, 3.63) is 65.6 Å². The lowest BCUT2D eigenvalue weighted by Gasteiger charge is -2.18. The topological polar surface area (TPSA) is 72.7 Å². The summed E-state index contributed by atoms with van der Waals surface area (Å²) < 4.78 is 7.08. The Kier molecular flexibility index (Phi) is 5.78. The van der Waals surface area contributed by atoms with Gasteiger partial charge in [0, 0.05) is 18.1 Å². The molecule has 2 atom stereocenters. The van der Waals surface area contributed by atoms with E-state index in [1.807, 2.05) is 49.5 Å². The van der Waals surface area contributed by atoms with Crippen LogP contribution < -0.4 is 5.32 Å². The van der Waals surface area contributed by atoms with E-state index in [9.17, 15) is 9.59 Å². The largest absolute Gasteiger partial charge is 0.448 e. The number of hydrogen-bond donors (Lipinski definition) is 1. The fourth-order valence-electron chi connectivity index (χ4n) is 2.95. The van der Waals surface area contributed by atoms with Crippen molar-refractivity contribution < 1.29 is 14.3 Å². The highest BCUT2D eigenvalue weighted by Crippen LogP contribution is 2.26. The van der Waals surface area contributed by atoms with E-state index >= 15 is 0 Å². The van der Waals surface area contributed by atoms with Crippen LogP contribution in [0.5, 0.6) is 0 Å². The minimum Gasteiger partial charge on any atom is -0.448 e. The predicted molar refractivity (Wildman–Crippen MR) is 109 cm³/mol. The number of hydrogen-bond acceptors (Lipinski definition) is 4. The van der Waals surface area contributed by atoms with E-state index in [0.29, 0.717) is 11.6 Å². The van der Waals surface area contributed by atoms with E-state index in [2.05, 4.69) is 24.1 Å². The zero-order valence-electron chi connectivity index (χ0n) is 16.6. The number of ether oxygens (including phenoxy) is 1. The number of carbonyl (C=O) groups is 2. The van der Waals surface area contributed by atoms with Gasteiger partial charge in [-0.1, -0.05) is 32.0 Å². The summed E-state index contributed by atoms with van der Waals surface area (Å²) in [6.07, 6.45) is 3.45. The monoisotopic (exact) mass is 379 g/mol. The van der Waals surface area contributed by atoms with E-state index in [-0.39, 0.29) is 11.6 Å². The number of benzene rings is 1. The molecule has 0 saturated heterocycles. The van der Waals surface area contributed by atoms with Crippen LogP contribution in [0.1, 0.15) is 54.7 Å². The van der Waals surface area contributed by atoms with Crippen LogP contribution in [-0.4, -0.2) is 27.4 Å². The van der Waals surface area contributed by atoms with Gasteiger partial charge in [-0.2, -0.15) is 0 Å². The average molecular weight is 379 g/mol. The van der Waals surface area contributed by atoms with Crippen molar-refractivity contribution in [1.29, 1.82) is 0 Å². The molecular formula is C22H25N3O3. The molecule has 1 N–H and O–H groups in total. The Labute approximate surface area is 164 Å². The summed E-state index contributed by atoms with van der Waals surface area (Å²) in [5, 5.41) is 2.87. The van der Waals surface area contributed by atoms with Crippen LogP contribution in [-0.2, 0) is 9.53 Å². The van der Waals surface area contributed by atoms with Gasteiger partial charge in [0.1, 0.15) is 5.65 Å². The van der Waals surface area contributed by atoms with E-state index in [0.717, 1.165) is 23.2 Å². The maximum absolute atomic E-state index is 12.5. The van der Waals surface area contributed by atoms with Crippen LogP contribution >= 0.6 is 0 Å². The number of amides is 1. The van der Waals surface area contributed by atoms with Crippen molar-refractivity contribution >= 4 is 23.2 Å². The van der Waals surface area contributed by atoms with Gasteiger partial charge in [0.25, 0.3) is 5.91 Å². The van der Waals surface area contributed by atoms with E-state index in [1.54, 1.807) is 17.5 Å². The lowest BCUT2D eigenvalue weighted by atomic mass is 9.97. The molecule has 0 radical (unpaired) electrons. The molecule has 0 bridgehead atoms. The number of pyridine rings is 1. The van der Waals surface area contributed by atoms with Crippen molar-refractivity contribution in [1.82, 2.24) is 9.38 Å². The molecule has 146 valence electrons. The molecule has 0 aliphatic heterocycles. The SMILES string of the molecule is CCC(C)c1ccccc1NC(=O)C(C)OC(=O)c1cn2ccc(C)cc2n1. The molecule has 1 amide bonds. The van der Waals surface area contributed by atoms with Gasteiger partial charge in [0.2, 0.25) is 0 Å². The van der Waals surface area contributed by atoms with Gasteiger partial charge in [-0.3, -0.25) is 4.79 Å². The zero-order valence-corrected chi connectivity index (χ0v) is 16.6. The van der Waals surface area contributed by atoms with Crippen molar-refractivity contribution in [2.24, 2.45) is 0 Å². The lowest BCUT2D eigenvalue weighted by molar-refractivity contribution is -0.123. The number of anilines is 1. The van der Waals surface area contributed by atoms with Gasteiger partial charge in [-0.25, -0.2) is 9.78 Å². The molecule has 0 spiro atoms. The first-order chi connectivity index (χ1) is 13.4. The summed E-state index contributed by atoms with van der Waals surface area (Å²) >= 11 is 0. The molecule has 6 nitrogen and oxygen atoms in total. The van der Waals surface area contributed by atoms with Gasteiger partial charge in [0.05, 0.1) is 0 Å². The van der Waals surface area contributed by atoms with Crippen LogP contribution in [0.2, 0.25) is 0 Å².